The van der Waals surface area contributed by atoms with Crippen molar-refractivity contribution in [3.63, 3.8) is 0 Å². The number of rotatable bonds is 6. The van der Waals surface area contributed by atoms with Crippen molar-refractivity contribution in [3.8, 4) is 17.4 Å². The molecule has 0 aliphatic carbocycles. The SMILES string of the molecule is O=c1oc(-c2ccco2)nn1CCOc1cccc([N+](=O)[O-])c1. The van der Waals surface area contributed by atoms with Gasteiger partial charge >= 0.3 is 5.76 Å². The van der Waals surface area contributed by atoms with Crippen molar-refractivity contribution in [1.29, 1.82) is 0 Å². The number of nitro groups is 1. The Bertz CT molecular complexity index is 865. The van der Waals surface area contributed by atoms with Gasteiger partial charge in [-0.3, -0.25) is 10.1 Å². The van der Waals surface area contributed by atoms with Crippen molar-refractivity contribution in [3.05, 3.63) is 63.3 Å². The van der Waals surface area contributed by atoms with Crippen LogP contribution >= 0.6 is 0 Å². The molecule has 0 aliphatic rings. The Morgan fingerprint density at radius 1 is 1.30 bits per heavy atom. The molecule has 0 amide bonds. The van der Waals surface area contributed by atoms with Crippen LogP contribution in [0.3, 0.4) is 0 Å². The molecule has 9 heteroatoms. The van der Waals surface area contributed by atoms with E-state index in [0.717, 1.165) is 4.68 Å². The monoisotopic (exact) mass is 317 g/mol. The second kappa shape index (κ2) is 6.18. The topological polar surface area (TPSA) is 114 Å². The number of nitro benzene ring substituents is 1. The lowest BCUT2D eigenvalue weighted by Crippen LogP contribution is -2.20. The number of aromatic nitrogens is 2. The Labute approximate surface area is 128 Å². The van der Waals surface area contributed by atoms with Gasteiger partial charge in [0.15, 0.2) is 5.76 Å². The smallest absolute Gasteiger partial charge is 0.437 e. The molecule has 23 heavy (non-hydrogen) atoms. The molecule has 0 unspecified atom stereocenters. The van der Waals surface area contributed by atoms with Gasteiger partial charge in [-0.2, -0.15) is 4.68 Å². The molecule has 0 radical (unpaired) electrons. The van der Waals surface area contributed by atoms with E-state index < -0.39 is 10.7 Å². The summed E-state index contributed by atoms with van der Waals surface area (Å²) in [6.45, 7) is 0.233. The molecule has 0 aliphatic heterocycles. The summed E-state index contributed by atoms with van der Waals surface area (Å²) in [5, 5.41) is 14.7. The van der Waals surface area contributed by atoms with E-state index in [0.29, 0.717) is 11.5 Å². The van der Waals surface area contributed by atoms with Crippen LogP contribution in [-0.4, -0.2) is 21.3 Å². The summed E-state index contributed by atoms with van der Waals surface area (Å²) in [5.74, 6) is 0.122. The third kappa shape index (κ3) is 3.28. The predicted octanol–water partition coefficient (Wildman–Crippen LogP) is 2.08. The van der Waals surface area contributed by atoms with Gasteiger partial charge in [-0.1, -0.05) is 6.07 Å². The lowest BCUT2D eigenvalue weighted by Gasteiger charge is -2.04. The van der Waals surface area contributed by atoms with Crippen LogP contribution in [0.15, 0.2) is 56.3 Å². The Kier molecular flexibility index (Phi) is 3.91. The molecule has 0 saturated heterocycles. The van der Waals surface area contributed by atoms with E-state index in [1.807, 2.05) is 0 Å². The van der Waals surface area contributed by atoms with Crippen LogP contribution < -0.4 is 10.5 Å². The summed E-state index contributed by atoms with van der Waals surface area (Å²) in [5.41, 5.74) is -0.0683. The van der Waals surface area contributed by atoms with Crippen LogP contribution in [0.4, 0.5) is 5.69 Å². The molecular weight excluding hydrogens is 306 g/mol. The van der Waals surface area contributed by atoms with E-state index in [1.165, 1.54) is 24.5 Å². The van der Waals surface area contributed by atoms with Crippen LogP contribution in [0.5, 0.6) is 5.75 Å². The zero-order valence-electron chi connectivity index (χ0n) is 11.7. The van der Waals surface area contributed by atoms with Gasteiger partial charge < -0.3 is 13.6 Å². The summed E-state index contributed by atoms with van der Waals surface area (Å²) in [4.78, 5) is 21.8. The number of ether oxygens (including phenoxy) is 1. The molecule has 0 spiro atoms. The second-order valence-electron chi connectivity index (χ2n) is 4.48. The van der Waals surface area contributed by atoms with Crippen molar-refractivity contribution in [2.24, 2.45) is 0 Å². The van der Waals surface area contributed by atoms with E-state index in [-0.39, 0.29) is 24.7 Å². The number of benzene rings is 1. The maximum atomic E-state index is 11.7. The highest BCUT2D eigenvalue weighted by Crippen LogP contribution is 2.19. The minimum absolute atomic E-state index is 0.0683. The van der Waals surface area contributed by atoms with Crippen LogP contribution in [0.1, 0.15) is 0 Å². The van der Waals surface area contributed by atoms with Crippen molar-refractivity contribution in [2.45, 2.75) is 6.54 Å². The molecule has 0 bridgehead atoms. The van der Waals surface area contributed by atoms with E-state index in [1.54, 1.807) is 18.2 Å². The zero-order chi connectivity index (χ0) is 16.2. The van der Waals surface area contributed by atoms with Crippen molar-refractivity contribution >= 4 is 5.69 Å². The molecule has 9 nitrogen and oxygen atoms in total. The fourth-order valence-electron chi connectivity index (χ4n) is 1.88. The fourth-order valence-corrected chi connectivity index (χ4v) is 1.88. The average molecular weight is 317 g/mol. The molecule has 1 aromatic carbocycles. The van der Waals surface area contributed by atoms with Crippen LogP contribution in [0.25, 0.3) is 11.7 Å². The van der Waals surface area contributed by atoms with Crippen molar-refractivity contribution < 1.29 is 18.5 Å². The lowest BCUT2D eigenvalue weighted by atomic mass is 10.3. The summed E-state index contributed by atoms with van der Waals surface area (Å²) < 4.78 is 16.5. The fraction of sp³-hybridized carbons (Fsp3) is 0.143. The van der Waals surface area contributed by atoms with Gasteiger partial charge in [-0.05, 0) is 18.2 Å². The lowest BCUT2D eigenvalue weighted by molar-refractivity contribution is -0.384. The average Bonchev–Trinajstić information content (AvgIpc) is 3.18. The van der Waals surface area contributed by atoms with Crippen molar-refractivity contribution in [1.82, 2.24) is 9.78 Å². The van der Waals surface area contributed by atoms with Gasteiger partial charge in [0.1, 0.15) is 12.4 Å². The minimum Gasteiger partial charge on any atom is -0.491 e. The maximum absolute atomic E-state index is 11.7. The van der Waals surface area contributed by atoms with Gasteiger partial charge in [0, 0.05) is 6.07 Å². The maximum Gasteiger partial charge on any atom is 0.437 e. The standard InChI is InChI=1S/C14H11N3O6/c18-14-16(15-13(23-14)12-5-2-7-22-12)6-8-21-11-4-1-3-10(9-11)17(19)20/h1-5,7,9H,6,8H2. The summed E-state index contributed by atoms with van der Waals surface area (Å²) >= 11 is 0. The van der Waals surface area contributed by atoms with E-state index in [2.05, 4.69) is 5.10 Å². The summed E-state index contributed by atoms with van der Waals surface area (Å²) in [7, 11) is 0. The largest absolute Gasteiger partial charge is 0.491 e. The molecule has 2 heterocycles. The number of non-ortho nitro benzene ring substituents is 1. The molecular formula is C14H11N3O6. The highest BCUT2D eigenvalue weighted by Gasteiger charge is 2.12. The van der Waals surface area contributed by atoms with Crippen molar-refractivity contribution in [2.75, 3.05) is 6.61 Å². The third-order valence-corrected chi connectivity index (χ3v) is 2.94. The molecule has 3 rings (SSSR count). The predicted molar refractivity (Wildman–Crippen MR) is 77.1 cm³/mol. The molecule has 0 saturated carbocycles. The first-order valence-electron chi connectivity index (χ1n) is 6.62. The van der Waals surface area contributed by atoms with Gasteiger partial charge in [0.25, 0.3) is 11.6 Å². The highest BCUT2D eigenvalue weighted by atomic mass is 16.6. The van der Waals surface area contributed by atoms with Gasteiger partial charge in [-0.25, -0.2) is 4.79 Å². The zero-order valence-corrected chi connectivity index (χ0v) is 11.7. The van der Waals surface area contributed by atoms with Gasteiger partial charge in [-0.15, -0.1) is 5.10 Å². The van der Waals surface area contributed by atoms with Crippen LogP contribution in [0.2, 0.25) is 0 Å². The molecule has 118 valence electrons. The number of nitrogens with zero attached hydrogens (tertiary/aromatic N) is 3. The molecule has 0 fully saturated rings. The number of hydrogen-bond donors (Lipinski definition) is 0. The van der Waals surface area contributed by atoms with Gasteiger partial charge in [0.2, 0.25) is 0 Å². The normalized spacial score (nSPS) is 10.6. The summed E-state index contributed by atoms with van der Waals surface area (Å²) in [6.07, 6.45) is 1.44. The molecule has 3 aromatic rings. The van der Waals surface area contributed by atoms with Crippen LogP contribution in [-0.2, 0) is 6.54 Å². The Morgan fingerprint density at radius 2 is 2.17 bits per heavy atom. The first-order valence-corrected chi connectivity index (χ1v) is 6.62. The van der Waals surface area contributed by atoms with E-state index in [9.17, 15) is 14.9 Å². The minimum atomic E-state index is -0.640. The number of hydrogen-bond acceptors (Lipinski definition) is 7. The Hall–Kier alpha value is -3.36. The number of furan rings is 1. The molecule has 0 atom stereocenters. The second-order valence-corrected chi connectivity index (χ2v) is 4.48. The first kappa shape index (κ1) is 14.6. The summed E-state index contributed by atoms with van der Waals surface area (Å²) in [6, 6.07) is 9.05. The Balaban J connectivity index is 1.64. The Morgan fingerprint density at radius 3 is 2.91 bits per heavy atom. The van der Waals surface area contributed by atoms with E-state index in [4.69, 9.17) is 13.6 Å². The van der Waals surface area contributed by atoms with E-state index >= 15 is 0 Å². The quantitative estimate of drug-likeness (QED) is 0.505. The highest BCUT2D eigenvalue weighted by molar-refractivity contribution is 5.42. The third-order valence-electron chi connectivity index (χ3n) is 2.94. The molecule has 2 aromatic heterocycles. The first-order chi connectivity index (χ1) is 11.1. The molecule has 0 N–H and O–H groups in total. The van der Waals surface area contributed by atoms with Crippen LogP contribution in [0, 0.1) is 10.1 Å². The van der Waals surface area contributed by atoms with Gasteiger partial charge in [0.05, 0.1) is 23.8 Å².